The molecule has 0 atom stereocenters. The first-order valence-corrected chi connectivity index (χ1v) is 10.8. The van der Waals surface area contributed by atoms with Gasteiger partial charge in [0.1, 0.15) is 0 Å². The minimum Gasteiger partial charge on any atom is -0.138 e. The molecule has 3 aromatic heterocycles. The molecule has 0 saturated heterocycles. The maximum atomic E-state index is 4.29. The Morgan fingerprint density at radius 3 is 1.50 bits per heavy atom. The third kappa shape index (κ3) is 3.48. The number of hydrogen-bond donors (Lipinski definition) is 0. The van der Waals surface area contributed by atoms with E-state index in [0.717, 1.165) is 39.7 Å². The Balaban J connectivity index is 2.20. The Morgan fingerprint density at radius 2 is 1.17 bits per heavy atom. The van der Waals surface area contributed by atoms with E-state index in [1.54, 1.807) is 18.6 Å². The number of rotatable bonds is 7. The van der Waals surface area contributed by atoms with Crippen LogP contribution < -0.4 is 16.3 Å². The van der Waals surface area contributed by atoms with Gasteiger partial charge in [0.25, 0.3) is 0 Å². The van der Waals surface area contributed by atoms with Crippen molar-refractivity contribution >= 4 is 46.2 Å². The summed E-state index contributed by atoms with van der Waals surface area (Å²) in [5.41, 5.74) is 2.44. The van der Waals surface area contributed by atoms with Crippen LogP contribution in [-0.4, -0.2) is 56.8 Å². The normalized spacial score (nSPS) is 11.4. The average Bonchev–Trinajstić information content (AvgIpc) is 2.68. The van der Waals surface area contributed by atoms with Crippen LogP contribution in [-0.2, 0) is 0 Å². The van der Waals surface area contributed by atoms with Gasteiger partial charge in [0.15, 0.2) is 7.26 Å². The van der Waals surface area contributed by atoms with Gasteiger partial charge in [-0.3, -0.25) is 0 Å². The third-order valence-electron chi connectivity index (χ3n) is 3.52. The maximum absolute atomic E-state index is 4.29. The van der Waals surface area contributed by atoms with Crippen LogP contribution in [0.2, 0.25) is 0 Å². The lowest BCUT2D eigenvalue weighted by Crippen LogP contribution is -2.39. The van der Waals surface area contributed by atoms with Crippen molar-refractivity contribution in [2.75, 3.05) is 10.6 Å². The quantitative estimate of drug-likeness (QED) is 0.208. The van der Waals surface area contributed by atoms with E-state index in [-0.39, 0.29) is 0 Å². The van der Waals surface area contributed by atoms with Gasteiger partial charge in [0, 0.05) is 18.2 Å². The van der Waals surface area contributed by atoms with Crippen molar-refractivity contribution in [3.8, 4) is 0 Å². The van der Waals surface area contributed by atoms with E-state index in [0.29, 0.717) is 0 Å². The second-order valence-electron chi connectivity index (χ2n) is 4.87. The lowest BCUT2D eigenvalue weighted by molar-refractivity contribution is 0.863. The molecule has 11 heteroatoms. The molecule has 0 saturated carbocycles. The zero-order valence-electron chi connectivity index (χ0n) is 12.6. The molecule has 0 radical (unpaired) electrons. The predicted octanol–water partition coefficient (Wildman–Crippen LogP) is -0.249. The average molecular weight is 451 g/mol. The summed E-state index contributed by atoms with van der Waals surface area (Å²) in [6.07, 6.45) is 7.87. The highest BCUT2D eigenvalue weighted by atomic mass is 124. The zero-order valence-corrected chi connectivity index (χ0v) is 15.7. The van der Waals surface area contributed by atoms with Crippen molar-refractivity contribution in [3.63, 3.8) is 0 Å². The summed E-state index contributed by atoms with van der Waals surface area (Å²) in [5.74, 6) is 0. The van der Waals surface area contributed by atoms with Gasteiger partial charge in [-0.2, -0.15) is 0 Å². The van der Waals surface area contributed by atoms with E-state index in [4.69, 9.17) is 0 Å². The van der Waals surface area contributed by atoms with E-state index >= 15 is 0 Å². The first-order valence-electron chi connectivity index (χ1n) is 7.27. The van der Waals surface area contributed by atoms with Crippen molar-refractivity contribution < 1.29 is 0 Å². The second kappa shape index (κ2) is 8.34. The summed E-state index contributed by atoms with van der Waals surface area (Å²) in [5, 5.41) is 35.8. The van der Waals surface area contributed by atoms with Crippen LogP contribution in [0.15, 0.2) is 36.8 Å². The third-order valence-corrected chi connectivity index (χ3v) is 8.33. The van der Waals surface area contributed by atoms with Crippen molar-refractivity contribution in [2.24, 2.45) is 0 Å². The Labute approximate surface area is 152 Å². The molecule has 0 aliphatic rings. The fraction of sp³-hybridized carbons (Fsp3) is 0.308. The van der Waals surface area contributed by atoms with E-state index < -0.39 is 7.26 Å². The number of unbranched alkanes of at least 4 members (excludes halogenated alkanes) is 1. The Morgan fingerprint density at radius 1 is 0.708 bits per heavy atom. The molecule has 0 aromatic carbocycles. The number of aromatic nitrogens is 9. The summed E-state index contributed by atoms with van der Waals surface area (Å²) in [4.78, 5) is 0. The van der Waals surface area contributed by atoms with Crippen LogP contribution in [0, 0.1) is 0 Å². The minimum atomic E-state index is -2.23. The van der Waals surface area contributed by atoms with Crippen molar-refractivity contribution in [1.82, 2.24) is 46.2 Å². The van der Waals surface area contributed by atoms with Gasteiger partial charge in [0.05, 0.1) is 24.8 Å². The molecule has 3 heterocycles. The summed E-state index contributed by atoms with van der Waals surface area (Å²) in [6, 6.07) is 5.61. The maximum Gasteiger partial charge on any atom is 0.219 e. The first kappa shape index (κ1) is 17.0. The van der Waals surface area contributed by atoms with Crippen LogP contribution in [0.5, 0.6) is 0 Å². The lowest BCUT2D eigenvalue weighted by atomic mass is 10.4. The molecule has 0 aliphatic heterocycles. The molecule has 0 amide bonds. The molecule has 122 valence electrons. The number of hydrogen-bond acceptors (Lipinski definition) is 9. The monoisotopic (exact) mass is 451 g/mol. The van der Waals surface area contributed by atoms with Crippen LogP contribution >= 0.6 is 29.9 Å². The van der Waals surface area contributed by atoms with Gasteiger partial charge in [0.2, 0.25) is 16.3 Å². The molecule has 3 rings (SSSR count). The molecule has 9 nitrogen and oxygen atoms in total. The van der Waals surface area contributed by atoms with E-state index in [1.807, 2.05) is 18.2 Å². The van der Waals surface area contributed by atoms with Gasteiger partial charge >= 0.3 is 0 Å². The molecular formula is C13H14IN9P+. The van der Waals surface area contributed by atoms with Crippen LogP contribution in [0.4, 0.5) is 0 Å². The zero-order chi connectivity index (χ0) is 16.7. The van der Waals surface area contributed by atoms with Gasteiger partial charge in [-0.15, -0.1) is 15.3 Å². The van der Waals surface area contributed by atoms with Crippen LogP contribution in [0.25, 0.3) is 0 Å². The minimum absolute atomic E-state index is 0.812. The Bertz CT molecular complexity index is 650. The highest BCUT2D eigenvalue weighted by Crippen LogP contribution is 2.53. The summed E-state index contributed by atoms with van der Waals surface area (Å²) in [6.45, 7) is 0. The molecular weight excluding hydrogens is 437 g/mol. The smallest absolute Gasteiger partial charge is 0.138 e. The Hall–Kier alpha value is -1.81. The van der Waals surface area contributed by atoms with Crippen molar-refractivity contribution in [3.05, 3.63) is 36.8 Å². The molecule has 0 spiro atoms. The molecule has 0 aliphatic carbocycles. The fourth-order valence-corrected chi connectivity index (χ4v) is 6.62. The van der Waals surface area contributed by atoms with Gasteiger partial charge in [-0.1, -0.05) is 37.9 Å². The van der Waals surface area contributed by atoms with Gasteiger partial charge in [-0.05, 0) is 32.9 Å². The fourth-order valence-electron chi connectivity index (χ4n) is 2.45. The van der Waals surface area contributed by atoms with E-state index in [9.17, 15) is 0 Å². The largest absolute Gasteiger partial charge is 0.219 e. The molecule has 0 fully saturated rings. The topological polar surface area (TPSA) is 116 Å². The van der Waals surface area contributed by atoms with Gasteiger partial charge < -0.3 is 0 Å². The van der Waals surface area contributed by atoms with Gasteiger partial charge in [-0.25, -0.2) is 0 Å². The van der Waals surface area contributed by atoms with E-state index in [1.165, 1.54) is 0 Å². The summed E-state index contributed by atoms with van der Waals surface area (Å²) >= 11 is 2.38. The second-order valence-corrected chi connectivity index (χ2v) is 9.39. The first-order chi connectivity index (χ1) is 11.9. The van der Waals surface area contributed by atoms with Crippen LogP contribution in [0.1, 0.15) is 12.8 Å². The molecule has 0 unspecified atom stereocenters. The van der Waals surface area contributed by atoms with Crippen molar-refractivity contribution in [1.29, 1.82) is 0 Å². The Kier molecular flexibility index (Phi) is 5.91. The summed E-state index contributed by atoms with van der Waals surface area (Å²) in [7, 11) is -2.23. The van der Waals surface area contributed by atoms with E-state index in [2.05, 4.69) is 68.8 Å². The molecule has 0 bridgehead atoms. The molecule has 3 aromatic rings. The lowest BCUT2D eigenvalue weighted by Gasteiger charge is -2.21. The highest BCUT2D eigenvalue weighted by molar-refractivity contribution is 14.1. The number of alkyl halides is 1. The van der Waals surface area contributed by atoms with Crippen molar-refractivity contribution in [2.45, 2.75) is 12.8 Å². The molecule has 0 N–H and O–H groups in total. The SMILES string of the molecule is [124I]CCCC[P+](c1ccnnn1)(c1ccnnn1)c1ccnnn1. The number of halogens is 1. The standard InChI is InChI=1S/C13H14IN9P/c14-6-1-2-10-24(11-3-7-15-21-18-11,12-4-8-16-22-19-12)13-5-9-17-23-20-13/h3-5,7-9H,1-2,6,10H2/q+1/i14-3. The highest BCUT2D eigenvalue weighted by Gasteiger charge is 2.50. The summed E-state index contributed by atoms with van der Waals surface area (Å²) < 4.78 is 1.09. The number of nitrogens with zero attached hydrogens (tertiary/aromatic N) is 9. The predicted molar refractivity (Wildman–Crippen MR) is 98.3 cm³/mol. The molecule has 24 heavy (non-hydrogen) atoms. The van der Waals surface area contributed by atoms with Crippen LogP contribution in [0.3, 0.4) is 0 Å².